The summed E-state index contributed by atoms with van der Waals surface area (Å²) in [4.78, 5) is 15.8. The van der Waals surface area contributed by atoms with Crippen LogP contribution >= 0.6 is 11.8 Å². The highest BCUT2D eigenvalue weighted by molar-refractivity contribution is 7.98. The van der Waals surface area contributed by atoms with Crippen molar-refractivity contribution in [3.05, 3.63) is 40.1 Å². The minimum absolute atomic E-state index is 0.0530. The van der Waals surface area contributed by atoms with Gasteiger partial charge in [0.15, 0.2) is 5.16 Å². The third-order valence-electron chi connectivity index (χ3n) is 3.09. The van der Waals surface area contributed by atoms with Crippen molar-refractivity contribution in [1.29, 1.82) is 5.41 Å². The van der Waals surface area contributed by atoms with Gasteiger partial charge in [0, 0.05) is 18.0 Å². The molecule has 104 valence electrons. The van der Waals surface area contributed by atoms with E-state index in [9.17, 15) is 4.79 Å². The zero-order chi connectivity index (χ0) is 14.1. The van der Waals surface area contributed by atoms with E-state index in [1.165, 1.54) is 11.8 Å². The summed E-state index contributed by atoms with van der Waals surface area (Å²) in [6.07, 6.45) is 3.66. The molecular formula is C12H14N6OS. The lowest BCUT2D eigenvalue weighted by Crippen LogP contribution is -2.16. The minimum Gasteiger partial charge on any atom is -0.382 e. The molecule has 8 heteroatoms. The molecule has 0 spiro atoms. The number of nitrogens with one attached hydrogen (secondary N) is 2. The van der Waals surface area contributed by atoms with Crippen LogP contribution in [0.1, 0.15) is 30.1 Å². The van der Waals surface area contributed by atoms with Crippen molar-refractivity contribution in [3.63, 3.8) is 0 Å². The second-order valence-electron chi connectivity index (χ2n) is 4.63. The SMILES string of the molecule is N=C(N)c1ncccc1CSc1n[nH]c(=O)n1C1CC1. The molecule has 7 nitrogen and oxygen atoms in total. The number of thioether (sulfide) groups is 1. The first-order chi connectivity index (χ1) is 9.66. The molecule has 0 unspecified atom stereocenters. The molecule has 0 radical (unpaired) electrons. The third-order valence-corrected chi connectivity index (χ3v) is 4.09. The summed E-state index contributed by atoms with van der Waals surface area (Å²) in [5.41, 5.74) is 6.70. The van der Waals surface area contributed by atoms with Gasteiger partial charge in [0.2, 0.25) is 0 Å². The van der Waals surface area contributed by atoms with Gasteiger partial charge in [-0.3, -0.25) is 15.0 Å². The van der Waals surface area contributed by atoms with Gasteiger partial charge in [-0.25, -0.2) is 9.89 Å². The second-order valence-corrected chi connectivity index (χ2v) is 5.57. The fourth-order valence-electron chi connectivity index (χ4n) is 1.99. The number of H-pyrrole nitrogens is 1. The molecule has 2 aromatic rings. The van der Waals surface area contributed by atoms with Crippen LogP contribution < -0.4 is 11.4 Å². The van der Waals surface area contributed by atoms with Gasteiger partial charge < -0.3 is 5.73 Å². The summed E-state index contributed by atoms with van der Waals surface area (Å²) in [6, 6.07) is 3.97. The first-order valence-corrected chi connectivity index (χ1v) is 7.23. The van der Waals surface area contributed by atoms with Crippen LogP contribution in [0.25, 0.3) is 0 Å². The van der Waals surface area contributed by atoms with Gasteiger partial charge in [-0.15, -0.1) is 5.10 Å². The van der Waals surface area contributed by atoms with Crippen LogP contribution in [0.2, 0.25) is 0 Å². The molecule has 2 aromatic heterocycles. The van der Waals surface area contributed by atoms with Crippen LogP contribution in [0.4, 0.5) is 0 Å². The standard InChI is InChI=1S/C12H14N6OS/c13-10(14)9-7(2-1-5-15-9)6-20-12-17-16-11(19)18(12)8-3-4-8/h1-2,5,8H,3-4,6H2,(H3,13,14)(H,16,19). The van der Waals surface area contributed by atoms with E-state index < -0.39 is 0 Å². The van der Waals surface area contributed by atoms with Crippen LogP contribution in [-0.4, -0.2) is 25.6 Å². The molecule has 4 N–H and O–H groups in total. The predicted octanol–water partition coefficient (Wildman–Crippen LogP) is 0.878. The first-order valence-electron chi connectivity index (χ1n) is 6.25. The molecule has 0 bridgehead atoms. The van der Waals surface area contributed by atoms with Gasteiger partial charge in [0.05, 0.1) is 0 Å². The van der Waals surface area contributed by atoms with Crippen molar-refractivity contribution in [2.24, 2.45) is 5.73 Å². The van der Waals surface area contributed by atoms with Crippen LogP contribution in [0, 0.1) is 5.41 Å². The highest BCUT2D eigenvalue weighted by Gasteiger charge is 2.28. The van der Waals surface area contributed by atoms with Crippen LogP contribution in [0.5, 0.6) is 0 Å². The Bertz CT molecular complexity index is 702. The van der Waals surface area contributed by atoms with Crippen molar-refractivity contribution >= 4 is 17.6 Å². The quantitative estimate of drug-likeness (QED) is 0.429. The van der Waals surface area contributed by atoms with Crippen molar-refractivity contribution in [2.75, 3.05) is 0 Å². The van der Waals surface area contributed by atoms with E-state index in [-0.39, 0.29) is 17.6 Å². The van der Waals surface area contributed by atoms with Crippen molar-refractivity contribution in [1.82, 2.24) is 19.7 Å². The van der Waals surface area contributed by atoms with Crippen molar-refractivity contribution in [3.8, 4) is 0 Å². The Morgan fingerprint density at radius 1 is 1.60 bits per heavy atom. The zero-order valence-corrected chi connectivity index (χ0v) is 11.5. The Kier molecular flexibility index (Phi) is 3.31. The van der Waals surface area contributed by atoms with Crippen molar-refractivity contribution in [2.45, 2.75) is 29.8 Å². The van der Waals surface area contributed by atoms with Gasteiger partial charge in [-0.1, -0.05) is 17.8 Å². The molecule has 0 aliphatic heterocycles. The Morgan fingerprint density at radius 3 is 3.10 bits per heavy atom. The van der Waals surface area contributed by atoms with Gasteiger partial charge >= 0.3 is 5.69 Å². The van der Waals surface area contributed by atoms with E-state index in [2.05, 4.69) is 15.2 Å². The predicted molar refractivity (Wildman–Crippen MR) is 75.9 cm³/mol. The topological polar surface area (TPSA) is 113 Å². The highest BCUT2D eigenvalue weighted by atomic mass is 32.2. The molecular weight excluding hydrogens is 276 g/mol. The maximum atomic E-state index is 11.7. The number of nitrogens with zero attached hydrogens (tertiary/aromatic N) is 3. The molecule has 0 atom stereocenters. The average molecular weight is 290 g/mol. The summed E-state index contributed by atoms with van der Waals surface area (Å²) in [5.74, 6) is 0.516. The van der Waals surface area contributed by atoms with E-state index >= 15 is 0 Å². The number of aromatic amines is 1. The molecule has 3 rings (SSSR count). The number of hydrogen-bond donors (Lipinski definition) is 3. The van der Waals surface area contributed by atoms with Crippen LogP contribution in [-0.2, 0) is 5.75 Å². The molecule has 0 saturated heterocycles. The number of nitrogens with two attached hydrogens (primary N) is 1. The third kappa shape index (κ3) is 2.46. The Balaban J connectivity index is 1.80. The van der Waals surface area contributed by atoms with Crippen LogP contribution in [0.3, 0.4) is 0 Å². The molecule has 2 heterocycles. The van der Waals surface area contributed by atoms with Crippen molar-refractivity contribution < 1.29 is 0 Å². The summed E-state index contributed by atoms with van der Waals surface area (Å²) in [7, 11) is 0. The normalized spacial score (nSPS) is 14.4. The fourth-order valence-corrected chi connectivity index (χ4v) is 2.99. The smallest absolute Gasteiger partial charge is 0.344 e. The van der Waals surface area contributed by atoms with E-state index in [0.717, 1.165) is 18.4 Å². The van der Waals surface area contributed by atoms with Crippen LogP contribution in [0.15, 0.2) is 28.3 Å². The largest absolute Gasteiger partial charge is 0.382 e. The summed E-state index contributed by atoms with van der Waals surface area (Å²) in [6.45, 7) is 0. The summed E-state index contributed by atoms with van der Waals surface area (Å²) < 4.78 is 1.70. The molecule has 1 aliphatic rings. The molecule has 20 heavy (non-hydrogen) atoms. The van der Waals surface area contributed by atoms with Gasteiger partial charge in [0.1, 0.15) is 11.5 Å². The molecule has 0 amide bonds. The lowest BCUT2D eigenvalue weighted by Gasteiger charge is -2.07. The van der Waals surface area contributed by atoms with E-state index in [4.69, 9.17) is 11.1 Å². The molecule has 0 aromatic carbocycles. The number of amidine groups is 1. The Labute approximate surface area is 119 Å². The van der Waals surface area contributed by atoms with Gasteiger partial charge in [-0.2, -0.15) is 0 Å². The molecule has 1 fully saturated rings. The van der Waals surface area contributed by atoms with Gasteiger partial charge in [0.25, 0.3) is 0 Å². The van der Waals surface area contributed by atoms with E-state index in [0.29, 0.717) is 16.6 Å². The minimum atomic E-state index is -0.159. The highest BCUT2D eigenvalue weighted by Crippen LogP contribution is 2.36. The summed E-state index contributed by atoms with van der Waals surface area (Å²) >= 11 is 1.45. The fraction of sp³-hybridized carbons (Fsp3) is 0.333. The lowest BCUT2D eigenvalue weighted by molar-refractivity contribution is 0.642. The number of rotatable bonds is 5. The first kappa shape index (κ1) is 12.9. The maximum Gasteiger partial charge on any atom is 0.344 e. The maximum absolute atomic E-state index is 11.7. The monoisotopic (exact) mass is 290 g/mol. The second kappa shape index (κ2) is 5.12. The number of pyridine rings is 1. The Hall–Kier alpha value is -2.09. The molecule has 1 aliphatic carbocycles. The number of hydrogen-bond acceptors (Lipinski definition) is 5. The number of aromatic nitrogens is 4. The Morgan fingerprint density at radius 2 is 2.40 bits per heavy atom. The molecule has 1 saturated carbocycles. The van der Waals surface area contributed by atoms with E-state index in [1.807, 2.05) is 6.07 Å². The average Bonchev–Trinajstić information content (AvgIpc) is 3.20. The summed E-state index contributed by atoms with van der Waals surface area (Å²) in [5, 5.41) is 14.7. The van der Waals surface area contributed by atoms with E-state index in [1.54, 1.807) is 16.8 Å². The number of nitrogen functional groups attached to an aromatic ring is 1. The zero-order valence-electron chi connectivity index (χ0n) is 10.7. The van der Waals surface area contributed by atoms with Gasteiger partial charge in [-0.05, 0) is 24.5 Å². The lowest BCUT2D eigenvalue weighted by atomic mass is 10.2.